The zero-order valence-corrected chi connectivity index (χ0v) is 10.5. The molecule has 1 aromatic rings. The largest absolute Gasteiger partial charge is 0.350 e. The van der Waals surface area contributed by atoms with E-state index in [9.17, 15) is 10.0 Å². The third-order valence-corrected chi connectivity index (χ3v) is 3.83. The molecule has 4 nitrogen and oxygen atoms in total. The minimum atomic E-state index is -0.784. The normalized spacial score (nSPS) is 22.2. The lowest BCUT2D eigenvalue weighted by Gasteiger charge is -2.11. The first kappa shape index (κ1) is 12.3. The smallest absolute Gasteiger partial charge is 0.338 e. The summed E-state index contributed by atoms with van der Waals surface area (Å²) in [7, 11) is 0. The summed E-state index contributed by atoms with van der Waals surface area (Å²) in [5, 5.41) is 9.86. The number of hydrogen-bond donors (Lipinski definition) is 2. The van der Waals surface area contributed by atoms with Crippen LogP contribution in [0.2, 0.25) is 0 Å². The molecule has 92 valence electrons. The van der Waals surface area contributed by atoms with Crippen molar-refractivity contribution in [1.29, 1.82) is 0 Å². The molecular weight excluding hydrogens is 236 g/mol. The van der Waals surface area contributed by atoms with Gasteiger partial charge >= 0.3 is 6.03 Å². The second-order valence-electron chi connectivity index (χ2n) is 4.30. The van der Waals surface area contributed by atoms with Crippen LogP contribution in [0, 0.1) is 5.92 Å². The Kier molecular flexibility index (Phi) is 3.59. The van der Waals surface area contributed by atoms with E-state index in [1.807, 2.05) is 12.3 Å². The van der Waals surface area contributed by atoms with Crippen molar-refractivity contribution >= 4 is 17.8 Å². The van der Waals surface area contributed by atoms with Crippen LogP contribution in [0.4, 0.5) is 4.79 Å². The van der Waals surface area contributed by atoms with E-state index in [0.717, 1.165) is 6.42 Å². The molecule has 0 radical (unpaired) electrons. The van der Waals surface area contributed by atoms with Crippen LogP contribution in [0.15, 0.2) is 29.2 Å². The molecule has 5 heteroatoms. The quantitative estimate of drug-likeness (QED) is 0.491. The number of carbonyl (C=O) groups excluding carboxylic acids is 1. The Hall–Kier alpha value is -1.20. The molecule has 1 saturated carbocycles. The van der Waals surface area contributed by atoms with Gasteiger partial charge in [-0.2, -0.15) is 0 Å². The van der Waals surface area contributed by atoms with Gasteiger partial charge in [-0.1, -0.05) is 12.1 Å². The molecule has 0 aliphatic heterocycles. The first-order valence-electron chi connectivity index (χ1n) is 5.51. The minimum Gasteiger partial charge on any atom is -0.350 e. The van der Waals surface area contributed by atoms with Crippen molar-refractivity contribution in [3.63, 3.8) is 0 Å². The maximum Gasteiger partial charge on any atom is 0.338 e. The summed E-state index contributed by atoms with van der Waals surface area (Å²) in [6.07, 6.45) is 3.05. The van der Waals surface area contributed by atoms with Crippen LogP contribution in [-0.2, 0) is 0 Å². The van der Waals surface area contributed by atoms with Crippen molar-refractivity contribution in [3.05, 3.63) is 29.8 Å². The average molecular weight is 252 g/mol. The van der Waals surface area contributed by atoms with Gasteiger partial charge in [-0.3, -0.25) is 5.21 Å². The van der Waals surface area contributed by atoms with E-state index >= 15 is 0 Å². The first-order chi connectivity index (χ1) is 8.11. The second kappa shape index (κ2) is 4.98. The van der Waals surface area contributed by atoms with Crippen LogP contribution in [0.5, 0.6) is 0 Å². The van der Waals surface area contributed by atoms with Gasteiger partial charge in [0.15, 0.2) is 0 Å². The lowest BCUT2D eigenvalue weighted by atomic mass is 10.1. The Morgan fingerprint density at radius 2 is 2.41 bits per heavy atom. The highest BCUT2D eigenvalue weighted by Gasteiger charge is 2.39. The van der Waals surface area contributed by atoms with Gasteiger partial charge in [0.2, 0.25) is 0 Å². The minimum absolute atomic E-state index is 0.323. The standard InChI is InChI=1S/C12H16N2O2S/c1-17-10-4-2-3-8(5-10)11-6-9(11)7-14(16)12(13)15/h2-5,9,11,16H,6-7H2,1H3,(H2,13,15). The molecule has 2 atom stereocenters. The number of thioether (sulfide) groups is 1. The molecule has 1 aromatic carbocycles. The van der Waals surface area contributed by atoms with E-state index in [4.69, 9.17) is 5.73 Å². The van der Waals surface area contributed by atoms with Crippen molar-refractivity contribution in [2.24, 2.45) is 11.7 Å². The third kappa shape index (κ3) is 2.92. The lowest BCUT2D eigenvalue weighted by Crippen LogP contribution is -2.34. The molecule has 1 aliphatic rings. The lowest BCUT2D eigenvalue weighted by molar-refractivity contribution is -0.0431. The Labute approximate surface area is 105 Å². The predicted octanol–water partition coefficient (Wildman–Crippen LogP) is 2.28. The van der Waals surface area contributed by atoms with Crippen molar-refractivity contribution in [2.45, 2.75) is 17.2 Å². The molecule has 0 bridgehead atoms. The molecule has 0 saturated heterocycles. The third-order valence-electron chi connectivity index (χ3n) is 3.11. The zero-order valence-electron chi connectivity index (χ0n) is 9.67. The van der Waals surface area contributed by atoms with Gasteiger partial charge in [-0.05, 0) is 42.2 Å². The molecule has 3 N–H and O–H groups in total. The van der Waals surface area contributed by atoms with Crippen molar-refractivity contribution in [3.8, 4) is 0 Å². The van der Waals surface area contributed by atoms with Crippen LogP contribution in [0.3, 0.4) is 0 Å². The van der Waals surface area contributed by atoms with E-state index in [-0.39, 0.29) is 0 Å². The number of nitrogens with zero attached hydrogens (tertiary/aromatic N) is 1. The number of nitrogens with two attached hydrogens (primary N) is 1. The van der Waals surface area contributed by atoms with Crippen LogP contribution in [-0.4, -0.2) is 29.1 Å². The number of hydroxylamine groups is 2. The van der Waals surface area contributed by atoms with Gasteiger partial charge in [0.1, 0.15) is 0 Å². The predicted molar refractivity (Wildman–Crippen MR) is 67.1 cm³/mol. The Balaban J connectivity index is 1.95. The fraction of sp³-hybridized carbons (Fsp3) is 0.417. The molecule has 1 aliphatic carbocycles. The Morgan fingerprint density at radius 3 is 3.06 bits per heavy atom. The van der Waals surface area contributed by atoms with Crippen molar-refractivity contribution in [2.75, 3.05) is 12.8 Å². The molecule has 2 unspecified atom stereocenters. The van der Waals surface area contributed by atoms with Crippen molar-refractivity contribution < 1.29 is 10.0 Å². The highest BCUT2D eigenvalue weighted by atomic mass is 32.2. The van der Waals surface area contributed by atoms with Crippen molar-refractivity contribution in [1.82, 2.24) is 5.06 Å². The molecule has 17 heavy (non-hydrogen) atoms. The fourth-order valence-electron chi connectivity index (χ4n) is 2.04. The number of hydrogen-bond acceptors (Lipinski definition) is 3. The van der Waals surface area contributed by atoms with E-state index in [1.54, 1.807) is 11.8 Å². The average Bonchev–Trinajstić information content (AvgIpc) is 3.08. The van der Waals surface area contributed by atoms with Gasteiger partial charge in [0.05, 0.1) is 6.54 Å². The van der Waals surface area contributed by atoms with Gasteiger partial charge in [-0.15, -0.1) is 11.8 Å². The summed E-state index contributed by atoms with van der Waals surface area (Å²) in [6.45, 7) is 0.323. The van der Waals surface area contributed by atoms with Gasteiger partial charge < -0.3 is 5.73 Å². The number of primary amides is 1. The van der Waals surface area contributed by atoms with Gasteiger partial charge in [-0.25, -0.2) is 9.86 Å². The van der Waals surface area contributed by atoms with Gasteiger partial charge in [0.25, 0.3) is 0 Å². The number of rotatable bonds is 4. The summed E-state index contributed by atoms with van der Waals surface area (Å²) < 4.78 is 0. The summed E-state index contributed by atoms with van der Waals surface area (Å²) in [5.74, 6) is 0.765. The molecule has 0 aromatic heterocycles. The maximum atomic E-state index is 10.7. The maximum absolute atomic E-state index is 10.7. The van der Waals surface area contributed by atoms with Crippen LogP contribution in [0.25, 0.3) is 0 Å². The number of carbonyl (C=O) groups is 1. The fourth-order valence-corrected chi connectivity index (χ4v) is 2.51. The monoisotopic (exact) mass is 252 g/mol. The topological polar surface area (TPSA) is 66.6 Å². The molecule has 2 amide bonds. The van der Waals surface area contributed by atoms with E-state index in [1.165, 1.54) is 10.5 Å². The molecule has 2 rings (SSSR count). The van der Waals surface area contributed by atoms with E-state index < -0.39 is 6.03 Å². The SMILES string of the molecule is CSc1cccc(C2CC2CN(O)C(N)=O)c1. The van der Waals surface area contributed by atoms with Crippen LogP contribution >= 0.6 is 11.8 Å². The Morgan fingerprint density at radius 1 is 1.65 bits per heavy atom. The Bertz CT molecular complexity index is 425. The second-order valence-corrected chi connectivity index (χ2v) is 5.18. The highest BCUT2D eigenvalue weighted by molar-refractivity contribution is 7.98. The van der Waals surface area contributed by atoms with Gasteiger partial charge in [0, 0.05) is 4.90 Å². The number of benzene rings is 1. The summed E-state index contributed by atoms with van der Waals surface area (Å²) in [6, 6.07) is 7.60. The summed E-state index contributed by atoms with van der Waals surface area (Å²) in [4.78, 5) is 11.9. The van der Waals surface area contributed by atoms with Crippen LogP contribution in [0.1, 0.15) is 17.9 Å². The molecular formula is C12H16N2O2S. The van der Waals surface area contributed by atoms with E-state index in [0.29, 0.717) is 23.4 Å². The number of urea groups is 1. The van der Waals surface area contributed by atoms with E-state index in [2.05, 4.69) is 18.2 Å². The first-order valence-corrected chi connectivity index (χ1v) is 6.74. The number of amides is 2. The zero-order chi connectivity index (χ0) is 12.4. The molecule has 0 spiro atoms. The molecule has 1 fully saturated rings. The highest BCUT2D eigenvalue weighted by Crippen LogP contribution is 2.48. The summed E-state index contributed by atoms with van der Waals surface area (Å²) >= 11 is 1.71. The van der Waals surface area contributed by atoms with Crippen LogP contribution < -0.4 is 5.73 Å². The molecule has 0 heterocycles. The summed E-state index contributed by atoms with van der Waals surface area (Å²) in [5.41, 5.74) is 6.25.